The highest BCUT2D eigenvalue weighted by atomic mass is 32.2. The van der Waals surface area contributed by atoms with Gasteiger partial charge in [-0.1, -0.05) is 0 Å². The van der Waals surface area contributed by atoms with E-state index in [2.05, 4.69) is 4.90 Å². The van der Waals surface area contributed by atoms with Crippen molar-refractivity contribution < 1.29 is 27.5 Å². The number of hydrogen-bond acceptors (Lipinski definition) is 7. The van der Waals surface area contributed by atoms with Crippen LogP contribution in [0.25, 0.3) is 0 Å². The molecule has 0 N–H and O–H groups in total. The SMILES string of the molecule is CN(C)S(=O)(=O)c1ccc2c(c1)N(CC(=O)N1CCC3(CC1)OCCO3)C(=O)C1CCCCN21. The van der Waals surface area contributed by atoms with Gasteiger partial charge >= 0.3 is 0 Å². The van der Waals surface area contributed by atoms with Crippen LogP contribution in [0.5, 0.6) is 0 Å². The number of carbonyl (C=O) groups is 2. The minimum absolute atomic E-state index is 0.104. The number of nitrogens with zero attached hydrogens (tertiary/aromatic N) is 4. The Kier molecular flexibility index (Phi) is 6.07. The van der Waals surface area contributed by atoms with Gasteiger partial charge in [0.05, 0.1) is 29.5 Å². The number of likely N-dealkylation sites (tertiary alicyclic amines) is 1. The molecule has 1 aromatic carbocycles. The smallest absolute Gasteiger partial charge is 0.250 e. The molecule has 0 bridgehead atoms. The first-order chi connectivity index (χ1) is 16.2. The van der Waals surface area contributed by atoms with Crippen molar-refractivity contribution in [3.8, 4) is 0 Å². The third kappa shape index (κ3) is 3.98. The fourth-order valence-electron chi connectivity index (χ4n) is 5.39. The van der Waals surface area contributed by atoms with E-state index in [1.165, 1.54) is 25.1 Å². The molecule has 1 unspecified atom stereocenters. The molecular weight excluding hydrogens is 460 g/mol. The van der Waals surface area contributed by atoms with Crippen LogP contribution in [0.2, 0.25) is 0 Å². The van der Waals surface area contributed by atoms with Gasteiger partial charge in [-0.05, 0) is 37.5 Å². The van der Waals surface area contributed by atoms with Crippen LogP contribution in [-0.2, 0) is 29.1 Å². The fourth-order valence-corrected chi connectivity index (χ4v) is 6.31. The quantitative estimate of drug-likeness (QED) is 0.618. The average molecular weight is 493 g/mol. The summed E-state index contributed by atoms with van der Waals surface area (Å²) in [6.07, 6.45) is 3.85. The summed E-state index contributed by atoms with van der Waals surface area (Å²) < 4.78 is 38.2. The molecule has 3 saturated heterocycles. The average Bonchev–Trinajstić information content (AvgIpc) is 3.29. The van der Waals surface area contributed by atoms with E-state index in [-0.39, 0.29) is 29.3 Å². The zero-order valence-electron chi connectivity index (χ0n) is 19.7. The number of sulfonamides is 1. The lowest BCUT2D eigenvalue weighted by Crippen LogP contribution is -2.58. The lowest BCUT2D eigenvalue weighted by Gasteiger charge is -2.46. The number of benzene rings is 1. The van der Waals surface area contributed by atoms with Crippen molar-refractivity contribution in [3.05, 3.63) is 18.2 Å². The van der Waals surface area contributed by atoms with E-state index in [1.54, 1.807) is 17.0 Å². The summed E-state index contributed by atoms with van der Waals surface area (Å²) in [5.41, 5.74) is 1.29. The second-order valence-corrected chi connectivity index (χ2v) is 11.7. The van der Waals surface area contributed by atoms with Gasteiger partial charge in [-0.2, -0.15) is 0 Å². The molecule has 0 aromatic heterocycles. The Morgan fingerprint density at radius 3 is 2.47 bits per heavy atom. The highest BCUT2D eigenvalue weighted by molar-refractivity contribution is 7.89. The number of amides is 2. The summed E-state index contributed by atoms with van der Waals surface area (Å²) in [6.45, 7) is 2.76. The van der Waals surface area contributed by atoms with E-state index in [0.717, 1.165) is 35.8 Å². The molecule has 186 valence electrons. The molecule has 2 amide bonds. The molecule has 34 heavy (non-hydrogen) atoms. The normalized spacial score (nSPS) is 24.5. The molecule has 4 aliphatic rings. The second kappa shape index (κ2) is 8.78. The van der Waals surface area contributed by atoms with Crippen molar-refractivity contribution in [1.29, 1.82) is 0 Å². The maximum atomic E-state index is 13.6. The Labute approximate surface area is 200 Å². The standard InChI is InChI=1S/C23H32N4O6S/c1-24(2)34(30,31)17-6-7-18-20(15-17)27(22(29)19-5-3-4-10-26(18)19)16-21(28)25-11-8-23(9-12-25)32-13-14-33-23/h6-7,15,19H,3-5,8-14,16H2,1-2H3. The van der Waals surface area contributed by atoms with E-state index in [4.69, 9.17) is 9.47 Å². The number of rotatable bonds is 4. The van der Waals surface area contributed by atoms with Crippen LogP contribution in [0.15, 0.2) is 23.1 Å². The molecule has 0 aliphatic carbocycles. The number of piperidine rings is 2. The largest absolute Gasteiger partial charge is 0.358 e. The minimum Gasteiger partial charge on any atom is -0.358 e. The molecule has 4 aliphatic heterocycles. The van der Waals surface area contributed by atoms with Crippen molar-refractivity contribution in [2.24, 2.45) is 0 Å². The van der Waals surface area contributed by atoms with E-state index in [0.29, 0.717) is 44.8 Å². The number of anilines is 2. The van der Waals surface area contributed by atoms with E-state index in [9.17, 15) is 18.0 Å². The number of hydrogen-bond donors (Lipinski definition) is 0. The molecule has 5 rings (SSSR count). The zero-order valence-corrected chi connectivity index (χ0v) is 20.6. The van der Waals surface area contributed by atoms with Crippen LogP contribution in [0.3, 0.4) is 0 Å². The molecule has 1 atom stereocenters. The van der Waals surface area contributed by atoms with Gasteiger partial charge in [0.2, 0.25) is 21.8 Å². The van der Waals surface area contributed by atoms with Crippen LogP contribution in [0.1, 0.15) is 32.1 Å². The Hall–Kier alpha value is -2.21. The molecule has 4 heterocycles. The summed E-state index contributed by atoms with van der Waals surface area (Å²) in [7, 11) is -0.739. The summed E-state index contributed by atoms with van der Waals surface area (Å²) in [5, 5.41) is 0. The van der Waals surface area contributed by atoms with E-state index in [1.807, 2.05) is 0 Å². The van der Waals surface area contributed by atoms with Crippen LogP contribution in [-0.4, -0.2) is 94.8 Å². The van der Waals surface area contributed by atoms with E-state index < -0.39 is 15.8 Å². The van der Waals surface area contributed by atoms with Gasteiger partial charge < -0.3 is 19.3 Å². The Morgan fingerprint density at radius 2 is 1.79 bits per heavy atom. The molecule has 3 fully saturated rings. The highest BCUT2D eigenvalue weighted by Crippen LogP contribution is 2.41. The highest BCUT2D eigenvalue weighted by Gasteiger charge is 2.43. The van der Waals surface area contributed by atoms with Crippen molar-refractivity contribution >= 4 is 33.2 Å². The van der Waals surface area contributed by atoms with Crippen molar-refractivity contribution in [1.82, 2.24) is 9.21 Å². The van der Waals surface area contributed by atoms with Crippen LogP contribution in [0.4, 0.5) is 11.4 Å². The van der Waals surface area contributed by atoms with Crippen molar-refractivity contribution in [2.45, 2.75) is 48.8 Å². The Bertz CT molecular complexity index is 1070. The number of ether oxygens (including phenoxy) is 2. The topological polar surface area (TPSA) is 99.7 Å². The zero-order chi connectivity index (χ0) is 24.1. The minimum atomic E-state index is -3.69. The lowest BCUT2D eigenvalue weighted by molar-refractivity contribution is -0.187. The van der Waals surface area contributed by atoms with Gasteiger partial charge in [-0.25, -0.2) is 12.7 Å². The van der Waals surface area contributed by atoms with Gasteiger partial charge in [0, 0.05) is 46.6 Å². The molecule has 10 nitrogen and oxygen atoms in total. The third-order valence-electron chi connectivity index (χ3n) is 7.36. The third-order valence-corrected chi connectivity index (χ3v) is 9.18. The predicted molar refractivity (Wildman–Crippen MR) is 125 cm³/mol. The maximum Gasteiger partial charge on any atom is 0.250 e. The van der Waals surface area contributed by atoms with Crippen LogP contribution >= 0.6 is 0 Å². The van der Waals surface area contributed by atoms with Crippen LogP contribution in [0, 0.1) is 0 Å². The molecule has 1 aromatic rings. The molecule has 0 radical (unpaired) electrons. The lowest BCUT2D eigenvalue weighted by atomic mass is 9.96. The Balaban J connectivity index is 1.43. The number of fused-ring (bicyclic) bond motifs is 3. The molecular formula is C23H32N4O6S. The molecule has 11 heteroatoms. The second-order valence-electron chi connectivity index (χ2n) is 9.56. The van der Waals surface area contributed by atoms with Gasteiger partial charge in [0.25, 0.3) is 0 Å². The van der Waals surface area contributed by atoms with Gasteiger partial charge in [0.15, 0.2) is 5.79 Å². The summed E-state index contributed by atoms with van der Waals surface area (Å²) in [5.74, 6) is -0.879. The number of carbonyl (C=O) groups excluding carboxylic acids is 2. The van der Waals surface area contributed by atoms with Gasteiger partial charge in [0.1, 0.15) is 12.6 Å². The van der Waals surface area contributed by atoms with Gasteiger partial charge in [-0.15, -0.1) is 0 Å². The predicted octanol–water partition coefficient (Wildman–Crippen LogP) is 1.01. The first kappa shape index (κ1) is 23.5. The molecule has 1 spiro atoms. The maximum absolute atomic E-state index is 13.6. The Morgan fingerprint density at radius 1 is 1.09 bits per heavy atom. The van der Waals surface area contributed by atoms with Gasteiger partial charge in [-0.3, -0.25) is 14.5 Å². The summed E-state index contributed by atoms with van der Waals surface area (Å²) >= 11 is 0. The van der Waals surface area contributed by atoms with Crippen molar-refractivity contribution in [2.75, 3.05) is 63.3 Å². The summed E-state index contributed by atoms with van der Waals surface area (Å²) in [6, 6.07) is 4.57. The first-order valence-electron chi connectivity index (χ1n) is 11.9. The van der Waals surface area contributed by atoms with Crippen molar-refractivity contribution in [3.63, 3.8) is 0 Å². The van der Waals surface area contributed by atoms with Crippen LogP contribution < -0.4 is 9.80 Å². The first-order valence-corrected chi connectivity index (χ1v) is 13.4. The monoisotopic (exact) mass is 492 g/mol. The molecule has 0 saturated carbocycles. The summed E-state index contributed by atoms with van der Waals surface area (Å²) in [4.78, 5) is 32.2. The van der Waals surface area contributed by atoms with E-state index >= 15 is 0 Å². The fraction of sp³-hybridized carbons (Fsp3) is 0.652.